The lowest BCUT2D eigenvalue weighted by Crippen LogP contribution is -2.43. The van der Waals surface area contributed by atoms with Gasteiger partial charge in [0.25, 0.3) is 0 Å². The molecule has 32 heavy (non-hydrogen) atoms. The number of aliphatic hydroxyl groups is 1. The van der Waals surface area contributed by atoms with Crippen LogP contribution >= 0.6 is 0 Å². The van der Waals surface area contributed by atoms with Crippen LogP contribution in [0.2, 0.25) is 0 Å². The average Bonchev–Trinajstić information content (AvgIpc) is 2.72. The van der Waals surface area contributed by atoms with Gasteiger partial charge in [0, 0.05) is 39.3 Å². The lowest BCUT2D eigenvalue weighted by Gasteiger charge is -2.28. The quantitative estimate of drug-likeness (QED) is 0.202. The van der Waals surface area contributed by atoms with E-state index in [1.54, 1.807) is 30.6 Å². The molecule has 0 saturated carbocycles. The van der Waals surface area contributed by atoms with Crippen molar-refractivity contribution < 1.29 is 43.6 Å². The van der Waals surface area contributed by atoms with E-state index in [4.69, 9.17) is 19.3 Å². The minimum atomic E-state index is -0.980. The van der Waals surface area contributed by atoms with Crippen LogP contribution < -0.4 is 0 Å². The molecule has 0 aromatic rings. The standard InChI is InChI=1S/C21H38N2O9/c1-4-30-19(27)8-12-22(11-7-18(25)26)15-17(24)16-23(13-9-20(28)31-5-2)14-10-21(29)32-6-3/h17,24H,4-16H2,1-3H3,(H,25,26). The van der Waals surface area contributed by atoms with Crippen molar-refractivity contribution in [3.63, 3.8) is 0 Å². The van der Waals surface area contributed by atoms with E-state index in [-0.39, 0.29) is 96.7 Å². The zero-order chi connectivity index (χ0) is 24.4. The number of esters is 3. The zero-order valence-corrected chi connectivity index (χ0v) is 19.4. The number of rotatable bonds is 19. The van der Waals surface area contributed by atoms with E-state index in [1.165, 1.54) is 0 Å². The van der Waals surface area contributed by atoms with Crippen LogP contribution in [0.5, 0.6) is 0 Å². The van der Waals surface area contributed by atoms with Gasteiger partial charge in [-0.2, -0.15) is 0 Å². The van der Waals surface area contributed by atoms with Crippen molar-refractivity contribution in [2.24, 2.45) is 0 Å². The second-order valence-electron chi connectivity index (χ2n) is 7.06. The second kappa shape index (κ2) is 18.3. The number of hydrogen-bond acceptors (Lipinski definition) is 10. The smallest absolute Gasteiger partial charge is 0.307 e. The van der Waals surface area contributed by atoms with Gasteiger partial charge in [0.1, 0.15) is 0 Å². The van der Waals surface area contributed by atoms with Crippen molar-refractivity contribution in [3.05, 3.63) is 0 Å². The minimum absolute atomic E-state index is 0.0790. The summed E-state index contributed by atoms with van der Waals surface area (Å²) in [6.07, 6.45) is -0.736. The van der Waals surface area contributed by atoms with E-state index in [2.05, 4.69) is 0 Å². The van der Waals surface area contributed by atoms with Gasteiger partial charge in [-0.25, -0.2) is 0 Å². The van der Waals surface area contributed by atoms with Crippen molar-refractivity contribution >= 4 is 23.9 Å². The summed E-state index contributed by atoms with van der Waals surface area (Å²) in [5, 5.41) is 19.5. The topological polar surface area (TPSA) is 143 Å². The van der Waals surface area contributed by atoms with Crippen LogP contribution in [0.4, 0.5) is 0 Å². The van der Waals surface area contributed by atoms with E-state index in [1.807, 2.05) is 0 Å². The first-order valence-corrected chi connectivity index (χ1v) is 11.0. The Hall–Kier alpha value is -2.24. The van der Waals surface area contributed by atoms with E-state index >= 15 is 0 Å². The molecule has 0 aliphatic rings. The number of ether oxygens (including phenoxy) is 3. The first kappa shape index (κ1) is 29.8. The number of hydrogen-bond donors (Lipinski definition) is 2. The van der Waals surface area contributed by atoms with Crippen molar-refractivity contribution in [1.82, 2.24) is 9.80 Å². The second-order valence-corrected chi connectivity index (χ2v) is 7.06. The van der Waals surface area contributed by atoms with Gasteiger partial charge >= 0.3 is 23.9 Å². The lowest BCUT2D eigenvalue weighted by atomic mass is 10.2. The van der Waals surface area contributed by atoms with Gasteiger partial charge in [0.05, 0.1) is 51.6 Å². The van der Waals surface area contributed by atoms with Gasteiger partial charge < -0.3 is 24.4 Å². The molecule has 0 aliphatic heterocycles. The highest BCUT2D eigenvalue weighted by Crippen LogP contribution is 2.04. The SMILES string of the molecule is CCOC(=O)CCN(CCC(=O)O)CC(O)CN(CCC(=O)OCC)CCC(=O)OCC. The predicted octanol–water partition coefficient (Wildman–Crippen LogP) is 0.286. The van der Waals surface area contributed by atoms with E-state index in [9.17, 15) is 24.3 Å². The minimum Gasteiger partial charge on any atom is -0.481 e. The molecule has 1 atom stereocenters. The summed E-state index contributed by atoms with van der Waals surface area (Å²) in [7, 11) is 0. The molecule has 0 saturated heterocycles. The van der Waals surface area contributed by atoms with Gasteiger partial charge in [-0.15, -0.1) is 0 Å². The molecule has 0 radical (unpaired) electrons. The van der Waals surface area contributed by atoms with Crippen LogP contribution in [0.1, 0.15) is 46.5 Å². The van der Waals surface area contributed by atoms with E-state index in [0.717, 1.165) is 0 Å². The van der Waals surface area contributed by atoms with Crippen LogP contribution in [-0.2, 0) is 33.4 Å². The fourth-order valence-electron chi connectivity index (χ4n) is 2.94. The van der Waals surface area contributed by atoms with Gasteiger partial charge in [-0.1, -0.05) is 0 Å². The number of aliphatic carboxylic acids is 1. The van der Waals surface area contributed by atoms with Gasteiger partial charge in [0.15, 0.2) is 0 Å². The molecule has 0 bridgehead atoms. The van der Waals surface area contributed by atoms with Crippen LogP contribution in [0, 0.1) is 0 Å². The lowest BCUT2D eigenvalue weighted by molar-refractivity contribution is -0.144. The first-order chi connectivity index (χ1) is 15.2. The summed E-state index contributed by atoms with van der Waals surface area (Å²) in [6, 6.07) is 0. The summed E-state index contributed by atoms with van der Waals surface area (Å²) in [5.41, 5.74) is 0. The Morgan fingerprint density at radius 3 is 1.25 bits per heavy atom. The molecule has 0 rings (SSSR count). The summed E-state index contributed by atoms with van der Waals surface area (Å²) in [4.78, 5) is 49.4. The Kier molecular flexibility index (Phi) is 17.1. The predicted molar refractivity (Wildman–Crippen MR) is 115 cm³/mol. The molecule has 0 heterocycles. The molecule has 0 fully saturated rings. The molecule has 0 aliphatic carbocycles. The molecule has 186 valence electrons. The molecule has 2 N–H and O–H groups in total. The summed E-state index contributed by atoms with van der Waals surface area (Å²) in [6.45, 7) is 7.17. The Balaban J connectivity index is 4.90. The molecule has 1 unspecified atom stereocenters. The third-order valence-electron chi connectivity index (χ3n) is 4.39. The van der Waals surface area contributed by atoms with Gasteiger partial charge in [0.2, 0.25) is 0 Å². The van der Waals surface area contributed by atoms with Crippen molar-refractivity contribution in [1.29, 1.82) is 0 Å². The van der Waals surface area contributed by atoms with Crippen molar-refractivity contribution in [2.45, 2.75) is 52.6 Å². The maximum Gasteiger partial charge on any atom is 0.307 e. The van der Waals surface area contributed by atoms with E-state index in [0.29, 0.717) is 0 Å². The molecular formula is C21H38N2O9. The number of carbonyl (C=O) groups excluding carboxylic acids is 3. The normalized spacial score (nSPS) is 11.9. The van der Waals surface area contributed by atoms with Crippen LogP contribution in [-0.4, -0.2) is 109 Å². The number of carbonyl (C=O) groups is 4. The number of carboxylic acid groups (broad SMARTS) is 1. The Morgan fingerprint density at radius 2 is 0.969 bits per heavy atom. The van der Waals surface area contributed by atoms with Crippen LogP contribution in [0.25, 0.3) is 0 Å². The third kappa shape index (κ3) is 16.5. The fourth-order valence-corrected chi connectivity index (χ4v) is 2.94. The van der Waals surface area contributed by atoms with Crippen LogP contribution in [0.3, 0.4) is 0 Å². The molecule has 11 nitrogen and oxygen atoms in total. The van der Waals surface area contributed by atoms with E-state index < -0.39 is 18.0 Å². The highest BCUT2D eigenvalue weighted by molar-refractivity contribution is 5.70. The molecule has 0 amide bonds. The average molecular weight is 463 g/mol. The van der Waals surface area contributed by atoms with Crippen molar-refractivity contribution in [2.75, 3.05) is 59.1 Å². The largest absolute Gasteiger partial charge is 0.481 e. The molecule has 0 spiro atoms. The van der Waals surface area contributed by atoms with Gasteiger partial charge in [-0.05, 0) is 20.8 Å². The maximum atomic E-state index is 11.7. The summed E-state index contributed by atoms with van der Waals surface area (Å²) in [5.74, 6) is -2.12. The third-order valence-corrected chi connectivity index (χ3v) is 4.39. The summed E-state index contributed by atoms with van der Waals surface area (Å²) < 4.78 is 14.7. The molecule has 11 heteroatoms. The molecule has 0 aromatic heterocycles. The summed E-state index contributed by atoms with van der Waals surface area (Å²) >= 11 is 0. The number of aliphatic hydroxyl groups excluding tert-OH is 1. The zero-order valence-electron chi connectivity index (χ0n) is 19.4. The first-order valence-electron chi connectivity index (χ1n) is 11.0. The highest BCUT2D eigenvalue weighted by Gasteiger charge is 2.19. The monoisotopic (exact) mass is 462 g/mol. The Labute approximate surface area is 189 Å². The fraction of sp³-hybridized carbons (Fsp3) is 0.810. The van der Waals surface area contributed by atoms with Crippen LogP contribution in [0.15, 0.2) is 0 Å². The highest BCUT2D eigenvalue weighted by atomic mass is 16.5. The van der Waals surface area contributed by atoms with Gasteiger partial charge in [-0.3, -0.25) is 29.0 Å². The molecule has 0 aromatic carbocycles. The number of carboxylic acids is 1. The number of nitrogens with zero attached hydrogens (tertiary/aromatic N) is 2. The Morgan fingerprint density at radius 1 is 0.656 bits per heavy atom. The van der Waals surface area contributed by atoms with Crippen molar-refractivity contribution in [3.8, 4) is 0 Å². The molecular weight excluding hydrogens is 424 g/mol. The maximum absolute atomic E-state index is 11.7. The Bertz CT molecular complexity index is 549.